The van der Waals surface area contributed by atoms with E-state index in [2.05, 4.69) is 53.2 Å². The first-order valence-corrected chi connectivity index (χ1v) is 12.5. The van der Waals surface area contributed by atoms with Crippen molar-refractivity contribution < 1.29 is 14.6 Å². The number of anilines is 1. The number of aliphatic hydroxyl groups is 1. The van der Waals surface area contributed by atoms with E-state index in [1.54, 1.807) is 7.11 Å². The Morgan fingerprint density at radius 3 is 2.58 bits per heavy atom. The SMILES string of the molecule is CCC(C)N1C(C)CC(NC)N(C)C1Nc1ccc(OC)c(OC[C@@H](O)CN2CCCC2)c1. The number of hydrogen-bond acceptors (Lipinski definition) is 8. The quantitative estimate of drug-likeness (QED) is 0.463. The van der Waals surface area contributed by atoms with Crippen molar-refractivity contribution in [2.75, 3.05) is 52.8 Å². The second-order valence-electron chi connectivity index (χ2n) is 9.62. The van der Waals surface area contributed by atoms with Gasteiger partial charge in [0.05, 0.1) is 13.3 Å². The number of nitrogens with one attached hydrogen (secondary N) is 2. The number of nitrogens with zero attached hydrogens (tertiary/aromatic N) is 3. The van der Waals surface area contributed by atoms with E-state index in [-0.39, 0.29) is 12.9 Å². The van der Waals surface area contributed by atoms with Gasteiger partial charge in [-0.05, 0) is 78.8 Å². The minimum atomic E-state index is -0.521. The highest BCUT2D eigenvalue weighted by Crippen LogP contribution is 2.33. The minimum absolute atomic E-state index is 0.0446. The Morgan fingerprint density at radius 2 is 1.94 bits per heavy atom. The lowest BCUT2D eigenvalue weighted by molar-refractivity contribution is -0.0622. The Kier molecular flexibility index (Phi) is 9.64. The Bertz CT molecular complexity index is 730. The average molecular weight is 464 g/mol. The summed E-state index contributed by atoms with van der Waals surface area (Å²) in [6.07, 6.45) is 4.41. The fourth-order valence-electron chi connectivity index (χ4n) is 5.15. The lowest BCUT2D eigenvalue weighted by Gasteiger charge is -2.52. The van der Waals surface area contributed by atoms with Crippen LogP contribution >= 0.6 is 0 Å². The molecule has 2 saturated heterocycles. The highest BCUT2D eigenvalue weighted by Gasteiger charge is 2.39. The normalized spacial score (nSPS) is 26.8. The molecule has 3 N–H and O–H groups in total. The molecular weight excluding hydrogens is 418 g/mol. The number of likely N-dealkylation sites (tertiary alicyclic amines) is 1. The highest BCUT2D eigenvalue weighted by atomic mass is 16.5. The summed E-state index contributed by atoms with van der Waals surface area (Å²) in [4.78, 5) is 7.21. The molecule has 188 valence electrons. The van der Waals surface area contributed by atoms with E-state index in [0.717, 1.165) is 31.6 Å². The summed E-state index contributed by atoms with van der Waals surface area (Å²) in [5.74, 6) is 1.32. The first kappa shape index (κ1) is 26.0. The molecule has 2 aliphatic heterocycles. The number of hydrogen-bond donors (Lipinski definition) is 3. The summed E-state index contributed by atoms with van der Waals surface area (Å²) in [6, 6.07) is 6.84. The monoisotopic (exact) mass is 463 g/mol. The molecule has 8 nitrogen and oxygen atoms in total. The third kappa shape index (κ3) is 6.51. The summed E-state index contributed by atoms with van der Waals surface area (Å²) in [5.41, 5.74) is 0.967. The van der Waals surface area contributed by atoms with E-state index in [4.69, 9.17) is 9.47 Å². The molecule has 3 rings (SSSR count). The standard InChI is InChI=1S/C25H45N5O3/c1-7-18(2)30-19(3)14-24(26-4)28(5)25(30)27-20-10-11-22(32-6)23(15-20)33-17-21(31)16-29-12-8-9-13-29/h10-11,15,18-19,21,24-27,31H,7-9,12-14,16-17H2,1-6H3/t18?,19?,21-,24?,25?/m0/s1. The number of benzene rings is 1. The molecule has 4 unspecified atom stereocenters. The number of β-amino-alcohol motifs (C(OH)–C–C–N with tert-alkyl or cyclic N) is 1. The van der Waals surface area contributed by atoms with Gasteiger partial charge in [0.2, 0.25) is 0 Å². The summed E-state index contributed by atoms with van der Waals surface area (Å²) < 4.78 is 11.6. The Hall–Kier alpha value is -1.58. The van der Waals surface area contributed by atoms with Crippen molar-refractivity contribution in [3.8, 4) is 11.5 Å². The predicted molar refractivity (Wildman–Crippen MR) is 134 cm³/mol. The first-order chi connectivity index (χ1) is 15.9. The molecule has 0 bridgehead atoms. The van der Waals surface area contributed by atoms with Crippen molar-refractivity contribution in [1.29, 1.82) is 0 Å². The minimum Gasteiger partial charge on any atom is -0.493 e. The van der Waals surface area contributed by atoms with Crippen LogP contribution in [0.15, 0.2) is 18.2 Å². The zero-order valence-electron chi connectivity index (χ0n) is 21.4. The van der Waals surface area contributed by atoms with Crippen molar-refractivity contribution in [2.45, 2.75) is 77.1 Å². The zero-order valence-corrected chi connectivity index (χ0v) is 21.4. The van der Waals surface area contributed by atoms with E-state index in [0.29, 0.717) is 36.3 Å². The van der Waals surface area contributed by atoms with Crippen LogP contribution in [0.25, 0.3) is 0 Å². The maximum absolute atomic E-state index is 10.5. The van der Waals surface area contributed by atoms with Gasteiger partial charge in [0.1, 0.15) is 19.0 Å². The van der Waals surface area contributed by atoms with Crippen LogP contribution in [0, 0.1) is 0 Å². The molecule has 0 aromatic heterocycles. The molecule has 5 atom stereocenters. The molecule has 8 heteroatoms. The summed E-state index contributed by atoms with van der Waals surface area (Å²) in [5, 5.41) is 17.7. The topological polar surface area (TPSA) is 72.5 Å². The molecule has 0 spiro atoms. The lowest BCUT2D eigenvalue weighted by Crippen LogP contribution is -2.67. The van der Waals surface area contributed by atoms with E-state index >= 15 is 0 Å². The highest BCUT2D eigenvalue weighted by molar-refractivity contribution is 5.55. The molecule has 0 aliphatic carbocycles. The number of methoxy groups -OCH3 is 1. The third-order valence-electron chi connectivity index (χ3n) is 7.22. The van der Waals surface area contributed by atoms with E-state index in [1.807, 2.05) is 25.2 Å². The van der Waals surface area contributed by atoms with Gasteiger partial charge in [-0.25, -0.2) is 0 Å². The molecule has 0 radical (unpaired) electrons. The van der Waals surface area contributed by atoms with Gasteiger partial charge in [0.15, 0.2) is 11.5 Å². The Balaban J connectivity index is 1.73. The van der Waals surface area contributed by atoms with Gasteiger partial charge in [-0.1, -0.05) is 6.92 Å². The molecule has 2 fully saturated rings. The average Bonchev–Trinajstić information content (AvgIpc) is 3.32. The van der Waals surface area contributed by atoms with Gasteiger partial charge in [0, 0.05) is 30.4 Å². The van der Waals surface area contributed by atoms with Crippen molar-refractivity contribution in [2.24, 2.45) is 0 Å². The molecular formula is C25H45N5O3. The second-order valence-corrected chi connectivity index (χ2v) is 9.62. The van der Waals surface area contributed by atoms with Crippen LogP contribution in [-0.4, -0.2) is 97.9 Å². The molecule has 2 aliphatic rings. The molecule has 0 saturated carbocycles. The summed E-state index contributed by atoms with van der Waals surface area (Å²) in [7, 11) is 5.83. The smallest absolute Gasteiger partial charge is 0.163 e. The van der Waals surface area contributed by atoms with Gasteiger partial charge in [-0.15, -0.1) is 0 Å². The maximum Gasteiger partial charge on any atom is 0.163 e. The van der Waals surface area contributed by atoms with Crippen molar-refractivity contribution in [1.82, 2.24) is 20.0 Å². The zero-order chi connectivity index (χ0) is 24.0. The van der Waals surface area contributed by atoms with Crippen LogP contribution < -0.4 is 20.1 Å². The van der Waals surface area contributed by atoms with E-state index in [9.17, 15) is 5.11 Å². The van der Waals surface area contributed by atoms with Crippen LogP contribution in [0.1, 0.15) is 46.5 Å². The van der Waals surface area contributed by atoms with Crippen LogP contribution in [0.3, 0.4) is 0 Å². The van der Waals surface area contributed by atoms with Crippen molar-refractivity contribution in [3.05, 3.63) is 18.2 Å². The molecule has 1 aromatic rings. The Morgan fingerprint density at radius 1 is 1.21 bits per heavy atom. The molecule has 33 heavy (non-hydrogen) atoms. The van der Waals surface area contributed by atoms with Crippen LogP contribution in [0.4, 0.5) is 5.69 Å². The second kappa shape index (κ2) is 12.2. The fraction of sp³-hybridized carbons (Fsp3) is 0.760. The molecule has 2 heterocycles. The van der Waals surface area contributed by atoms with Gasteiger partial charge >= 0.3 is 0 Å². The van der Waals surface area contributed by atoms with Gasteiger partial charge in [-0.2, -0.15) is 0 Å². The largest absolute Gasteiger partial charge is 0.493 e. The van der Waals surface area contributed by atoms with Gasteiger partial charge in [0.25, 0.3) is 0 Å². The Labute approximate surface area is 200 Å². The van der Waals surface area contributed by atoms with Crippen LogP contribution in [0.5, 0.6) is 11.5 Å². The van der Waals surface area contributed by atoms with Gasteiger partial charge in [-0.3, -0.25) is 9.80 Å². The van der Waals surface area contributed by atoms with E-state index in [1.165, 1.54) is 12.8 Å². The number of ether oxygens (including phenoxy) is 2. The predicted octanol–water partition coefficient (Wildman–Crippen LogP) is 2.60. The lowest BCUT2D eigenvalue weighted by atomic mass is 10.0. The maximum atomic E-state index is 10.5. The molecule has 1 aromatic carbocycles. The first-order valence-electron chi connectivity index (χ1n) is 12.5. The van der Waals surface area contributed by atoms with Crippen molar-refractivity contribution in [3.63, 3.8) is 0 Å². The van der Waals surface area contributed by atoms with Gasteiger partial charge < -0.3 is 30.1 Å². The molecule has 0 amide bonds. The van der Waals surface area contributed by atoms with Crippen molar-refractivity contribution >= 4 is 5.69 Å². The van der Waals surface area contributed by atoms with E-state index < -0.39 is 6.10 Å². The summed E-state index contributed by atoms with van der Waals surface area (Å²) in [6.45, 7) is 9.87. The summed E-state index contributed by atoms with van der Waals surface area (Å²) >= 11 is 0. The number of aliphatic hydroxyl groups excluding tert-OH is 1. The van der Waals surface area contributed by atoms with Crippen LogP contribution in [-0.2, 0) is 0 Å². The fourth-order valence-corrected chi connectivity index (χ4v) is 5.15. The van der Waals surface area contributed by atoms with Crippen LogP contribution in [0.2, 0.25) is 0 Å². The number of rotatable bonds is 11. The third-order valence-corrected chi connectivity index (χ3v) is 7.22.